The fourth-order valence-electron chi connectivity index (χ4n) is 2.55. The van der Waals surface area contributed by atoms with E-state index in [1.807, 2.05) is 62.4 Å². The monoisotopic (exact) mass is 306 g/mol. The fraction of sp³-hybridized carbons (Fsp3) is 0.150. The number of esters is 1. The lowest BCUT2D eigenvalue weighted by Gasteiger charge is -2.09. The number of ether oxygens (including phenoxy) is 2. The molecule has 0 N–H and O–H groups in total. The first kappa shape index (κ1) is 15.1. The molecular formula is C20H18O3. The van der Waals surface area contributed by atoms with Crippen LogP contribution in [-0.4, -0.2) is 13.1 Å². The average molecular weight is 306 g/mol. The van der Waals surface area contributed by atoms with E-state index in [2.05, 4.69) is 0 Å². The number of carbonyl (C=O) groups excluding carboxylic acids is 1. The van der Waals surface area contributed by atoms with Crippen LogP contribution in [0.4, 0.5) is 0 Å². The van der Waals surface area contributed by atoms with Crippen molar-refractivity contribution < 1.29 is 14.3 Å². The molecule has 0 saturated carbocycles. The Balaban J connectivity index is 1.88. The predicted octanol–water partition coefficient (Wildman–Crippen LogP) is 4.68. The normalized spacial score (nSPS) is 10.6. The summed E-state index contributed by atoms with van der Waals surface area (Å²) in [4.78, 5) is 12.4. The first-order chi connectivity index (χ1) is 11.1. The van der Waals surface area contributed by atoms with Gasteiger partial charge in [0, 0.05) is 0 Å². The van der Waals surface area contributed by atoms with E-state index in [0.717, 1.165) is 27.6 Å². The van der Waals surface area contributed by atoms with Gasteiger partial charge in [-0.05, 0) is 60.5 Å². The molecule has 0 unspecified atom stereocenters. The Labute approximate surface area is 135 Å². The second kappa shape index (κ2) is 6.13. The van der Waals surface area contributed by atoms with Crippen molar-refractivity contribution in [3.05, 3.63) is 71.3 Å². The molecule has 0 saturated heterocycles. The van der Waals surface area contributed by atoms with Crippen LogP contribution in [0.2, 0.25) is 0 Å². The number of aryl methyl sites for hydroxylation is 2. The van der Waals surface area contributed by atoms with E-state index >= 15 is 0 Å². The molecule has 0 spiro atoms. The SMILES string of the molecule is COc1ccc2cc(C(=O)Oc3ccc(C)cc3C)ccc2c1. The summed E-state index contributed by atoms with van der Waals surface area (Å²) in [5.74, 6) is 1.04. The molecule has 3 aromatic carbocycles. The molecule has 0 fully saturated rings. The number of fused-ring (bicyclic) bond motifs is 1. The van der Waals surface area contributed by atoms with Crippen molar-refractivity contribution in [3.63, 3.8) is 0 Å². The van der Waals surface area contributed by atoms with Gasteiger partial charge in [0.1, 0.15) is 11.5 Å². The van der Waals surface area contributed by atoms with Crippen molar-refractivity contribution in [1.29, 1.82) is 0 Å². The summed E-state index contributed by atoms with van der Waals surface area (Å²) in [7, 11) is 1.64. The van der Waals surface area contributed by atoms with Crippen LogP contribution in [-0.2, 0) is 0 Å². The zero-order chi connectivity index (χ0) is 16.4. The van der Waals surface area contributed by atoms with Crippen molar-refractivity contribution in [2.24, 2.45) is 0 Å². The van der Waals surface area contributed by atoms with Crippen LogP contribution >= 0.6 is 0 Å². The van der Waals surface area contributed by atoms with Crippen molar-refractivity contribution >= 4 is 16.7 Å². The van der Waals surface area contributed by atoms with Crippen molar-refractivity contribution in [3.8, 4) is 11.5 Å². The Morgan fingerprint density at radius 2 is 1.61 bits per heavy atom. The number of carbonyl (C=O) groups is 1. The standard InChI is InChI=1S/C20H18O3/c1-13-4-9-19(14(2)10-13)23-20(21)17-6-5-16-12-18(22-3)8-7-15(16)11-17/h4-12H,1-3H3. The maximum Gasteiger partial charge on any atom is 0.343 e. The van der Waals surface area contributed by atoms with E-state index in [1.54, 1.807) is 13.2 Å². The molecule has 0 amide bonds. The number of hydrogen-bond donors (Lipinski definition) is 0. The maximum atomic E-state index is 12.4. The average Bonchev–Trinajstić information content (AvgIpc) is 2.56. The van der Waals surface area contributed by atoms with Crippen LogP contribution in [0.5, 0.6) is 11.5 Å². The second-order valence-corrected chi connectivity index (χ2v) is 5.59. The summed E-state index contributed by atoms with van der Waals surface area (Å²) in [6, 6.07) is 17.0. The lowest BCUT2D eigenvalue weighted by molar-refractivity contribution is 0.0733. The summed E-state index contributed by atoms with van der Waals surface area (Å²) in [5, 5.41) is 1.99. The van der Waals surface area contributed by atoms with E-state index in [0.29, 0.717) is 11.3 Å². The predicted molar refractivity (Wildman–Crippen MR) is 91.4 cm³/mol. The third kappa shape index (κ3) is 3.19. The van der Waals surface area contributed by atoms with Gasteiger partial charge in [-0.1, -0.05) is 29.8 Å². The number of methoxy groups -OCH3 is 1. The molecule has 0 radical (unpaired) electrons. The smallest absolute Gasteiger partial charge is 0.343 e. The molecule has 3 heteroatoms. The van der Waals surface area contributed by atoms with Crippen molar-refractivity contribution in [1.82, 2.24) is 0 Å². The molecule has 0 aromatic heterocycles. The minimum absolute atomic E-state index is 0.352. The van der Waals surface area contributed by atoms with Crippen LogP contribution in [0.3, 0.4) is 0 Å². The summed E-state index contributed by atoms with van der Waals surface area (Å²) in [6.45, 7) is 3.94. The highest BCUT2D eigenvalue weighted by atomic mass is 16.5. The zero-order valence-electron chi connectivity index (χ0n) is 13.4. The largest absolute Gasteiger partial charge is 0.497 e. The summed E-state index contributed by atoms with van der Waals surface area (Å²) in [5.41, 5.74) is 2.62. The molecular weight excluding hydrogens is 288 g/mol. The number of benzene rings is 3. The van der Waals surface area contributed by atoms with Gasteiger partial charge in [0.2, 0.25) is 0 Å². The Morgan fingerprint density at radius 3 is 2.35 bits per heavy atom. The van der Waals surface area contributed by atoms with Gasteiger partial charge < -0.3 is 9.47 Å². The van der Waals surface area contributed by atoms with Crippen molar-refractivity contribution in [2.45, 2.75) is 13.8 Å². The highest BCUT2D eigenvalue weighted by Crippen LogP contribution is 2.24. The van der Waals surface area contributed by atoms with Crippen LogP contribution in [0.25, 0.3) is 10.8 Å². The highest BCUT2D eigenvalue weighted by Gasteiger charge is 2.11. The van der Waals surface area contributed by atoms with Crippen LogP contribution in [0.1, 0.15) is 21.5 Å². The molecule has 0 aliphatic carbocycles. The first-order valence-electron chi connectivity index (χ1n) is 7.44. The summed E-state index contributed by atoms with van der Waals surface area (Å²) in [6.07, 6.45) is 0. The number of rotatable bonds is 3. The van der Waals surface area contributed by atoms with E-state index in [4.69, 9.17) is 9.47 Å². The quantitative estimate of drug-likeness (QED) is 0.520. The molecule has 3 aromatic rings. The minimum atomic E-state index is -0.352. The molecule has 0 aliphatic rings. The number of hydrogen-bond acceptors (Lipinski definition) is 3. The Hall–Kier alpha value is -2.81. The van der Waals surface area contributed by atoms with Gasteiger partial charge in [0.05, 0.1) is 12.7 Å². The summed E-state index contributed by atoms with van der Waals surface area (Å²) < 4.78 is 10.7. The van der Waals surface area contributed by atoms with Gasteiger partial charge in [-0.25, -0.2) is 4.79 Å². The maximum absolute atomic E-state index is 12.4. The van der Waals surface area contributed by atoms with E-state index in [-0.39, 0.29) is 5.97 Å². The fourth-order valence-corrected chi connectivity index (χ4v) is 2.55. The van der Waals surface area contributed by atoms with Gasteiger partial charge in [-0.3, -0.25) is 0 Å². The topological polar surface area (TPSA) is 35.5 Å². The Morgan fingerprint density at radius 1 is 0.870 bits per heavy atom. The third-order valence-electron chi connectivity index (χ3n) is 3.82. The molecule has 0 bridgehead atoms. The first-order valence-corrected chi connectivity index (χ1v) is 7.44. The van der Waals surface area contributed by atoms with E-state index in [9.17, 15) is 4.79 Å². The van der Waals surface area contributed by atoms with E-state index in [1.165, 1.54) is 0 Å². The van der Waals surface area contributed by atoms with Crippen LogP contribution < -0.4 is 9.47 Å². The molecule has 116 valence electrons. The molecule has 0 heterocycles. The van der Waals surface area contributed by atoms with Gasteiger partial charge in [0.25, 0.3) is 0 Å². The van der Waals surface area contributed by atoms with Crippen molar-refractivity contribution in [2.75, 3.05) is 7.11 Å². The van der Waals surface area contributed by atoms with E-state index < -0.39 is 0 Å². The molecule has 3 rings (SSSR count). The van der Waals surface area contributed by atoms with Crippen LogP contribution in [0, 0.1) is 13.8 Å². The van der Waals surface area contributed by atoms with Gasteiger partial charge >= 0.3 is 5.97 Å². The molecule has 3 nitrogen and oxygen atoms in total. The molecule has 0 aliphatic heterocycles. The second-order valence-electron chi connectivity index (χ2n) is 5.59. The molecule has 23 heavy (non-hydrogen) atoms. The van der Waals surface area contributed by atoms with Gasteiger partial charge in [0.15, 0.2) is 0 Å². The highest BCUT2D eigenvalue weighted by molar-refractivity contribution is 5.96. The van der Waals surface area contributed by atoms with Gasteiger partial charge in [-0.15, -0.1) is 0 Å². The lowest BCUT2D eigenvalue weighted by Crippen LogP contribution is -2.09. The molecule has 0 atom stereocenters. The summed E-state index contributed by atoms with van der Waals surface area (Å²) >= 11 is 0. The Kier molecular flexibility index (Phi) is 4.02. The zero-order valence-corrected chi connectivity index (χ0v) is 13.4. The minimum Gasteiger partial charge on any atom is -0.497 e. The lowest BCUT2D eigenvalue weighted by atomic mass is 10.1. The third-order valence-corrected chi connectivity index (χ3v) is 3.82. The van der Waals surface area contributed by atoms with Gasteiger partial charge in [-0.2, -0.15) is 0 Å². The Bertz CT molecular complexity index is 881. The van der Waals surface area contributed by atoms with Crippen LogP contribution in [0.15, 0.2) is 54.6 Å².